The highest BCUT2D eigenvalue weighted by Gasteiger charge is 2.24. The van der Waals surface area contributed by atoms with Gasteiger partial charge in [-0.3, -0.25) is 4.99 Å². The molecule has 2 saturated heterocycles. The predicted molar refractivity (Wildman–Crippen MR) is 91.7 cm³/mol. The number of guanidine groups is 1. The first-order valence-corrected chi connectivity index (χ1v) is 8.69. The number of nitrogens with zero attached hydrogens (tertiary/aromatic N) is 3. The van der Waals surface area contributed by atoms with Gasteiger partial charge in [-0.25, -0.2) is 4.79 Å². The largest absolute Gasteiger partial charge is 0.450 e. The van der Waals surface area contributed by atoms with Crippen molar-refractivity contribution >= 4 is 12.1 Å². The molecule has 23 heavy (non-hydrogen) atoms. The monoisotopic (exact) mass is 325 g/mol. The number of hydrogen-bond acceptors (Lipinski definition) is 4. The van der Waals surface area contributed by atoms with Gasteiger partial charge in [0.15, 0.2) is 5.96 Å². The fourth-order valence-electron chi connectivity index (χ4n) is 3.24. The molecular weight excluding hydrogens is 294 g/mol. The van der Waals surface area contributed by atoms with Crippen molar-refractivity contribution in [1.29, 1.82) is 0 Å². The number of rotatable bonds is 4. The highest BCUT2D eigenvalue weighted by atomic mass is 16.6. The van der Waals surface area contributed by atoms with Gasteiger partial charge in [0.1, 0.15) is 0 Å². The third-order valence-corrected chi connectivity index (χ3v) is 4.63. The van der Waals surface area contributed by atoms with Crippen molar-refractivity contribution < 1.29 is 9.53 Å². The lowest BCUT2D eigenvalue weighted by Crippen LogP contribution is -2.50. The van der Waals surface area contributed by atoms with Crippen molar-refractivity contribution in [3.63, 3.8) is 0 Å². The molecule has 0 saturated carbocycles. The number of piperidine rings is 1. The minimum absolute atomic E-state index is 0.196. The maximum atomic E-state index is 11.7. The molecule has 7 heteroatoms. The van der Waals surface area contributed by atoms with E-state index in [4.69, 9.17) is 4.74 Å². The zero-order valence-electron chi connectivity index (χ0n) is 14.7. The van der Waals surface area contributed by atoms with Crippen LogP contribution in [0.2, 0.25) is 0 Å². The Morgan fingerprint density at radius 3 is 2.57 bits per heavy atom. The lowest BCUT2D eigenvalue weighted by atomic mass is 10.1. The molecule has 2 fully saturated rings. The predicted octanol–water partition coefficient (Wildman–Crippen LogP) is 0.724. The van der Waals surface area contributed by atoms with E-state index in [9.17, 15) is 4.79 Å². The Morgan fingerprint density at radius 2 is 2.00 bits per heavy atom. The number of carbonyl (C=O) groups is 1. The molecule has 0 aromatic rings. The van der Waals surface area contributed by atoms with E-state index < -0.39 is 0 Å². The average Bonchev–Trinajstić information content (AvgIpc) is 2.97. The lowest BCUT2D eigenvalue weighted by Gasteiger charge is -2.32. The van der Waals surface area contributed by atoms with Crippen LogP contribution in [0.25, 0.3) is 0 Å². The summed E-state index contributed by atoms with van der Waals surface area (Å²) < 4.78 is 5.05. The lowest BCUT2D eigenvalue weighted by molar-refractivity contribution is 0.0963. The summed E-state index contributed by atoms with van der Waals surface area (Å²) in [6, 6.07) is 0.359. The van der Waals surface area contributed by atoms with Crippen LogP contribution < -0.4 is 10.6 Å². The summed E-state index contributed by atoms with van der Waals surface area (Å²) in [6.07, 6.45) is 2.90. The molecule has 0 spiro atoms. The summed E-state index contributed by atoms with van der Waals surface area (Å²) >= 11 is 0. The minimum Gasteiger partial charge on any atom is -0.450 e. The van der Waals surface area contributed by atoms with E-state index in [0.717, 1.165) is 45.0 Å². The SMILES string of the molecule is CCOC(=O)N1CCC(NC(=NC)NCC2CCN(C)C2)CC1. The molecule has 0 aromatic carbocycles. The van der Waals surface area contributed by atoms with Crippen LogP contribution in [0.1, 0.15) is 26.2 Å². The highest BCUT2D eigenvalue weighted by Crippen LogP contribution is 2.13. The van der Waals surface area contributed by atoms with Crippen LogP contribution in [0.3, 0.4) is 0 Å². The van der Waals surface area contributed by atoms with Crippen molar-refractivity contribution in [3.05, 3.63) is 0 Å². The second-order valence-electron chi connectivity index (χ2n) is 6.47. The van der Waals surface area contributed by atoms with Gasteiger partial charge in [-0.15, -0.1) is 0 Å². The quantitative estimate of drug-likeness (QED) is 0.589. The molecule has 1 unspecified atom stereocenters. The van der Waals surface area contributed by atoms with Crippen LogP contribution in [0.5, 0.6) is 0 Å². The van der Waals surface area contributed by atoms with Crippen molar-refractivity contribution in [2.24, 2.45) is 10.9 Å². The molecule has 1 atom stereocenters. The summed E-state index contributed by atoms with van der Waals surface area (Å²) in [5, 5.41) is 6.92. The number of nitrogens with one attached hydrogen (secondary N) is 2. The van der Waals surface area contributed by atoms with E-state index in [-0.39, 0.29) is 6.09 Å². The molecule has 2 heterocycles. The van der Waals surface area contributed by atoms with Gasteiger partial charge in [-0.2, -0.15) is 0 Å². The van der Waals surface area contributed by atoms with Crippen molar-refractivity contribution in [1.82, 2.24) is 20.4 Å². The molecule has 2 aliphatic heterocycles. The molecule has 0 radical (unpaired) electrons. The van der Waals surface area contributed by atoms with Crippen molar-refractivity contribution in [2.45, 2.75) is 32.2 Å². The van der Waals surface area contributed by atoms with E-state index in [2.05, 4.69) is 27.6 Å². The number of amides is 1. The Labute approximate surface area is 139 Å². The molecule has 0 bridgehead atoms. The molecule has 132 valence electrons. The number of aliphatic imine (C=N–C) groups is 1. The average molecular weight is 325 g/mol. The summed E-state index contributed by atoms with van der Waals surface area (Å²) in [6.45, 7) is 7.05. The Kier molecular flexibility index (Phi) is 6.95. The summed E-state index contributed by atoms with van der Waals surface area (Å²) in [5.74, 6) is 1.57. The third-order valence-electron chi connectivity index (χ3n) is 4.63. The Bertz CT molecular complexity index is 407. The van der Waals surface area contributed by atoms with Crippen molar-refractivity contribution in [3.8, 4) is 0 Å². The van der Waals surface area contributed by atoms with Gasteiger partial charge in [0.25, 0.3) is 0 Å². The first-order valence-electron chi connectivity index (χ1n) is 8.69. The second kappa shape index (κ2) is 8.96. The molecule has 0 aliphatic carbocycles. The third kappa shape index (κ3) is 5.57. The van der Waals surface area contributed by atoms with Crippen LogP contribution in [0, 0.1) is 5.92 Å². The summed E-state index contributed by atoms with van der Waals surface area (Å²) in [7, 11) is 3.98. The molecule has 7 nitrogen and oxygen atoms in total. The number of hydrogen-bond donors (Lipinski definition) is 2. The first-order chi connectivity index (χ1) is 11.1. The van der Waals surface area contributed by atoms with Gasteiger partial charge in [-0.1, -0.05) is 0 Å². The van der Waals surface area contributed by atoms with Gasteiger partial charge in [0.2, 0.25) is 0 Å². The Balaban J connectivity index is 1.68. The maximum Gasteiger partial charge on any atom is 0.409 e. The van der Waals surface area contributed by atoms with E-state index in [1.54, 1.807) is 4.90 Å². The zero-order valence-corrected chi connectivity index (χ0v) is 14.7. The van der Waals surface area contributed by atoms with Crippen molar-refractivity contribution in [2.75, 3.05) is 53.4 Å². The maximum absolute atomic E-state index is 11.7. The van der Waals surface area contributed by atoms with E-state index in [1.165, 1.54) is 13.0 Å². The van der Waals surface area contributed by atoms with Gasteiger partial charge in [0.05, 0.1) is 6.61 Å². The van der Waals surface area contributed by atoms with Crippen LogP contribution >= 0.6 is 0 Å². The van der Waals surface area contributed by atoms with Crippen LogP contribution in [0.15, 0.2) is 4.99 Å². The molecule has 1 amide bonds. The highest BCUT2D eigenvalue weighted by molar-refractivity contribution is 5.80. The van der Waals surface area contributed by atoms with Gasteiger partial charge >= 0.3 is 6.09 Å². The normalized spacial score (nSPS) is 23.9. The molecule has 0 aromatic heterocycles. The fourth-order valence-corrected chi connectivity index (χ4v) is 3.24. The zero-order chi connectivity index (χ0) is 16.7. The summed E-state index contributed by atoms with van der Waals surface area (Å²) in [4.78, 5) is 20.2. The Hall–Kier alpha value is -1.50. The van der Waals surface area contributed by atoms with E-state index >= 15 is 0 Å². The van der Waals surface area contributed by atoms with Gasteiger partial charge < -0.3 is 25.2 Å². The van der Waals surface area contributed by atoms with Gasteiger partial charge in [-0.05, 0) is 45.7 Å². The second-order valence-corrected chi connectivity index (χ2v) is 6.47. The first kappa shape index (κ1) is 17.8. The molecule has 2 N–H and O–H groups in total. The van der Waals surface area contributed by atoms with Crippen LogP contribution in [0.4, 0.5) is 4.79 Å². The number of ether oxygens (including phenoxy) is 1. The topological polar surface area (TPSA) is 69.2 Å². The van der Waals surface area contributed by atoms with Gasteiger partial charge in [0, 0.05) is 39.3 Å². The smallest absolute Gasteiger partial charge is 0.409 e. The molecular formula is C16H31N5O2. The Morgan fingerprint density at radius 1 is 1.26 bits per heavy atom. The van der Waals surface area contributed by atoms with E-state index in [1.807, 2.05) is 14.0 Å². The molecule has 2 rings (SSSR count). The van der Waals surface area contributed by atoms with E-state index in [0.29, 0.717) is 18.6 Å². The number of likely N-dealkylation sites (tertiary alicyclic amines) is 2. The minimum atomic E-state index is -0.196. The number of carbonyl (C=O) groups excluding carboxylic acids is 1. The van der Waals surface area contributed by atoms with Crippen LogP contribution in [-0.4, -0.2) is 81.3 Å². The standard InChI is InChI=1S/C16H31N5O2/c1-4-23-16(22)21-9-6-14(7-10-21)19-15(17-2)18-11-13-5-8-20(3)12-13/h13-14H,4-12H2,1-3H3,(H2,17,18,19). The summed E-state index contributed by atoms with van der Waals surface area (Å²) in [5.41, 5.74) is 0. The fraction of sp³-hybridized carbons (Fsp3) is 0.875. The molecule has 2 aliphatic rings. The van der Waals surface area contributed by atoms with Crippen LogP contribution in [-0.2, 0) is 4.74 Å².